The van der Waals surface area contributed by atoms with Crippen molar-refractivity contribution in [2.24, 2.45) is 0 Å². The summed E-state index contributed by atoms with van der Waals surface area (Å²) in [4.78, 5) is 15.2. The van der Waals surface area contributed by atoms with E-state index in [2.05, 4.69) is 10.1 Å². The van der Waals surface area contributed by atoms with Crippen LogP contribution in [0, 0.1) is 5.82 Å². The van der Waals surface area contributed by atoms with Crippen molar-refractivity contribution in [1.29, 1.82) is 0 Å². The van der Waals surface area contributed by atoms with Gasteiger partial charge in [0.2, 0.25) is 5.95 Å². The second kappa shape index (κ2) is 6.66. The molecule has 8 heteroatoms. The Hall–Kier alpha value is -1.96. The molecular formula is C15H12FN4NaO2. The summed E-state index contributed by atoms with van der Waals surface area (Å²) in [5, 5.41) is 15.1. The van der Waals surface area contributed by atoms with Crippen molar-refractivity contribution in [3.8, 4) is 11.1 Å². The quantitative estimate of drug-likeness (QED) is 0.565. The van der Waals surface area contributed by atoms with E-state index < -0.39 is 17.3 Å². The fourth-order valence-electron chi connectivity index (χ4n) is 2.42. The number of carbonyl (C=O) groups is 1. The summed E-state index contributed by atoms with van der Waals surface area (Å²) in [7, 11) is 0. The first-order valence-electron chi connectivity index (χ1n) is 6.66. The van der Waals surface area contributed by atoms with E-state index in [9.17, 15) is 14.3 Å². The molecule has 112 valence electrons. The number of benzene rings is 1. The topological polar surface area (TPSA) is 96.3 Å². The number of nitrogens with two attached hydrogens (primary N) is 1. The Bertz CT molecular complexity index is 895. The average Bonchev–Trinajstić information content (AvgIpc) is 2.85. The largest absolute Gasteiger partial charge is 1.00 e. The molecule has 0 amide bonds. The number of halogens is 1. The molecular weight excluding hydrogens is 310 g/mol. The van der Waals surface area contributed by atoms with Gasteiger partial charge in [-0.1, -0.05) is 19.1 Å². The molecule has 2 heterocycles. The standard InChI is InChI=1S/C15H13FN4O2.Na/c1-2-8-3-4-10(13(16)12(8)14(21)22)9-5-6-20-11(7-9)18-15(17)19-20;/h3-7H,2H2,1H3,(H2,17,19)(H,21,22);/q;+1/p-1. The van der Waals surface area contributed by atoms with Crippen LogP contribution in [0.3, 0.4) is 0 Å². The smallest absolute Gasteiger partial charge is 0.545 e. The van der Waals surface area contributed by atoms with Gasteiger partial charge in [0.25, 0.3) is 0 Å². The molecule has 1 aromatic carbocycles. The van der Waals surface area contributed by atoms with Crippen molar-refractivity contribution < 1.29 is 43.8 Å². The Kier molecular flexibility index (Phi) is 5.03. The van der Waals surface area contributed by atoms with Crippen molar-refractivity contribution in [1.82, 2.24) is 14.6 Å². The second-order valence-corrected chi connectivity index (χ2v) is 4.79. The first-order valence-corrected chi connectivity index (χ1v) is 6.66. The number of carboxylic acids is 1. The maximum Gasteiger partial charge on any atom is 1.00 e. The first-order chi connectivity index (χ1) is 10.5. The molecule has 0 aliphatic rings. The minimum Gasteiger partial charge on any atom is -0.545 e. The van der Waals surface area contributed by atoms with Crippen molar-refractivity contribution in [3.63, 3.8) is 0 Å². The summed E-state index contributed by atoms with van der Waals surface area (Å²) in [5.74, 6) is -2.23. The van der Waals surface area contributed by atoms with Gasteiger partial charge in [0.15, 0.2) is 5.65 Å². The number of pyridine rings is 1. The van der Waals surface area contributed by atoms with Crippen LogP contribution in [0.4, 0.5) is 10.3 Å². The van der Waals surface area contributed by atoms with Gasteiger partial charge >= 0.3 is 29.6 Å². The monoisotopic (exact) mass is 322 g/mol. The van der Waals surface area contributed by atoms with E-state index in [1.807, 2.05) is 0 Å². The fraction of sp³-hybridized carbons (Fsp3) is 0.133. The first kappa shape index (κ1) is 17.4. The Morgan fingerprint density at radius 1 is 1.39 bits per heavy atom. The maximum absolute atomic E-state index is 14.6. The molecule has 0 aliphatic carbocycles. The number of aryl methyl sites for hydroxylation is 1. The predicted molar refractivity (Wildman–Crippen MR) is 76.5 cm³/mol. The number of hydrogen-bond acceptors (Lipinski definition) is 5. The molecule has 0 fully saturated rings. The molecule has 0 saturated heterocycles. The predicted octanol–water partition coefficient (Wildman–Crippen LogP) is -1.95. The fourth-order valence-corrected chi connectivity index (χ4v) is 2.42. The van der Waals surface area contributed by atoms with Gasteiger partial charge in [-0.25, -0.2) is 8.91 Å². The zero-order chi connectivity index (χ0) is 15.9. The van der Waals surface area contributed by atoms with E-state index in [-0.39, 0.29) is 41.1 Å². The van der Waals surface area contributed by atoms with Crippen LogP contribution in [0.5, 0.6) is 0 Å². The number of carboxylic acid groups (broad SMARTS) is 1. The average molecular weight is 322 g/mol. The van der Waals surface area contributed by atoms with E-state index in [1.165, 1.54) is 4.52 Å². The van der Waals surface area contributed by atoms with Gasteiger partial charge in [-0.2, -0.15) is 4.98 Å². The van der Waals surface area contributed by atoms with E-state index in [0.29, 0.717) is 23.2 Å². The third-order valence-corrected chi connectivity index (χ3v) is 3.48. The van der Waals surface area contributed by atoms with Gasteiger partial charge < -0.3 is 15.6 Å². The molecule has 0 radical (unpaired) electrons. The molecule has 2 N–H and O–H groups in total. The van der Waals surface area contributed by atoms with Crippen molar-refractivity contribution in [2.75, 3.05) is 5.73 Å². The van der Waals surface area contributed by atoms with Gasteiger partial charge in [-0.15, -0.1) is 5.10 Å². The summed E-state index contributed by atoms with van der Waals surface area (Å²) in [6, 6.07) is 6.34. The van der Waals surface area contributed by atoms with Crippen LogP contribution in [-0.2, 0) is 6.42 Å². The molecule has 0 atom stereocenters. The number of nitrogens with zero attached hydrogens (tertiary/aromatic N) is 3. The molecule has 0 aliphatic heterocycles. The van der Waals surface area contributed by atoms with Crippen LogP contribution in [-0.4, -0.2) is 20.6 Å². The Morgan fingerprint density at radius 2 is 2.13 bits per heavy atom. The molecule has 23 heavy (non-hydrogen) atoms. The third-order valence-electron chi connectivity index (χ3n) is 3.48. The molecule has 0 saturated carbocycles. The van der Waals surface area contributed by atoms with Gasteiger partial charge in [0, 0.05) is 17.3 Å². The SMILES string of the molecule is CCc1ccc(-c2ccn3nc(N)nc3c2)c(F)c1C(=O)[O-].[Na+]. The minimum absolute atomic E-state index is 0. The molecule has 6 nitrogen and oxygen atoms in total. The maximum atomic E-state index is 14.6. The third kappa shape index (κ3) is 3.08. The van der Waals surface area contributed by atoms with Crippen LogP contribution in [0.2, 0.25) is 0 Å². The van der Waals surface area contributed by atoms with Crippen LogP contribution in [0.15, 0.2) is 30.5 Å². The number of nitrogen functional groups attached to an aromatic ring is 1. The number of fused-ring (bicyclic) bond motifs is 1. The number of hydrogen-bond donors (Lipinski definition) is 1. The Morgan fingerprint density at radius 3 is 2.78 bits per heavy atom. The molecule has 3 rings (SSSR count). The zero-order valence-corrected chi connectivity index (χ0v) is 14.7. The summed E-state index contributed by atoms with van der Waals surface area (Å²) in [5.41, 5.74) is 6.61. The zero-order valence-electron chi connectivity index (χ0n) is 12.7. The Labute approximate surface area is 153 Å². The van der Waals surface area contributed by atoms with Gasteiger partial charge in [-0.05, 0) is 29.7 Å². The number of anilines is 1. The molecule has 0 bridgehead atoms. The van der Waals surface area contributed by atoms with E-state index in [1.54, 1.807) is 37.4 Å². The van der Waals surface area contributed by atoms with Gasteiger partial charge in [0.1, 0.15) is 5.82 Å². The van der Waals surface area contributed by atoms with Crippen molar-refractivity contribution in [3.05, 3.63) is 47.4 Å². The van der Waals surface area contributed by atoms with Crippen LogP contribution in [0.25, 0.3) is 16.8 Å². The Balaban J connectivity index is 0.00000192. The molecule has 0 unspecified atom stereocenters. The molecule has 3 aromatic rings. The number of rotatable bonds is 3. The second-order valence-electron chi connectivity index (χ2n) is 4.79. The number of aromatic carboxylic acids is 1. The summed E-state index contributed by atoms with van der Waals surface area (Å²) in [6.45, 7) is 1.76. The van der Waals surface area contributed by atoms with Gasteiger partial charge in [-0.3, -0.25) is 0 Å². The van der Waals surface area contributed by atoms with Crippen molar-refractivity contribution >= 4 is 17.6 Å². The molecule has 0 spiro atoms. The number of carbonyl (C=O) groups excluding carboxylic acids is 1. The van der Waals surface area contributed by atoms with Crippen LogP contribution >= 0.6 is 0 Å². The number of aromatic nitrogens is 3. The molecule has 2 aromatic heterocycles. The van der Waals surface area contributed by atoms with Crippen LogP contribution < -0.4 is 40.4 Å². The van der Waals surface area contributed by atoms with Crippen molar-refractivity contribution in [2.45, 2.75) is 13.3 Å². The normalized spacial score (nSPS) is 10.5. The van der Waals surface area contributed by atoms with E-state index >= 15 is 0 Å². The summed E-state index contributed by atoms with van der Waals surface area (Å²) < 4.78 is 16.0. The van der Waals surface area contributed by atoms with E-state index in [0.717, 1.165) is 0 Å². The minimum atomic E-state index is -1.52. The summed E-state index contributed by atoms with van der Waals surface area (Å²) >= 11 is 0. The van der Waals surface area contributed by atoms with Crippen LogP contribution in [0.1, 0.15) is 22.8 Å². The summed E-state index contributed by atoms with van der Waals surface area (Å²) in [6.07, 6.45) is 1.99. The van der Waals surface area contributed by atoms with E-state index in [4.69, 9.17) is 5.73 Å². The van der Waals surface area contributed by atoms with Gasteiger partial charge in [0.05, 0.1) is 5.97 Å².